The van der Waals surface area contributed by atoms with Gasteiger partial charge in [-0.1, -0.05) is 60.1 Å². The smallest absolute Gasteiger partial charge is 0.192 e. The number of nitrogens with zero attached hydrogens (tertiary/aromatic N) is 2. The second-order valence-corrected chi connectivity index (χ2v) is 15.8. The Morgan fingerprint density at radius 3 is 1.53 bits per heavy atom. The third-order valence-corrected chi connectivity index (χ3v) is 11.3. The average Bonchev–Trinajstić information content (AvgIpc) is 2.68. The molecular formula is C25H42Br2N2O2Si. The SMILES string of the molecule is C.CN(CCO)c1ccc(Br)cc1.CN(CCO[Si](C)(C)C(C)(C)C)c1ccc(Br)cc1. The summed E-state index contributed by atoms with van der Waals surface area (Å²) in [6.45, 7) is 14.0. The van der Waals surface area contributed by atoms with Gasteiger partial charge < -0.3 is 19.3 Å². The van der Waals surface area contributed by atoms with Crippen molar-refractivity contribution in [1.82, 2.24) is 0 Å². The molecule has 7 heteroatoms. The number of hydrogen-bond donors (Lipinski definition) is 1. The molecule has 0 aliphatic rings. The normalized spacial score (nSPS) is 11.2. The molecule has 0 atom stereocenters. The number of halogens is 2. The van der Waals surface area contributed by atoms with E-state index in [1.807, 2.05) is 36.2 Å². The first-order chi connectivity index (χ1) is 14.4. The van der Waals surface area contributed by atoms with Crippen molar-refractivity contribution in [2.45, 2.75) is 46.3 Å². The lowest BCUT2D eigenvalue weighted by Gasteiger charge is -2.36. The molecule has 0 saturated heterocycles. The van der Waals surface area contributed by atoms with E-state index >= 15 is 0 Å². The van der Waals surface area contributed by atoms with Crippen LogP contribution >= 0.6 is 31.9 Å². The summed E-state index contributed by atoms with van der Waals surface area (Å²) in [6, 6.07) is 16.4. The van der Waals surface area contributed by atoms with Crippen LogP contribution in [0, 0.1) is 0 Å². The Kier molecular flexibility index (Phi) is 14.0. The molecule has 182 valence electrons. The Morgan fingerprint density at radius 2 is 1.19 bits per heavy atom. The molecule has 0 aromatic heterocycles. The largest absolute Gasteiger partial charge is 0.415 e. The zero-order chi connectivity index (χ0) is 23.7. The molecule has 0 heterocycles. The predicted octanol–water partition coefficient (Wildman–Crippen LogP) is 7.42. The van der Waals surface area contributed by atoms with Crippen molar-refractivity contribution in [3.05, 3.63) is 57.5 Å². The van der Waals surface area contributed by atoms with Crippen LogP contribution in [-0.2, 0) is 4.43 Å². The fourth-order valence-electron chi connectivity index (χ4n) is 2.45. The van der Waals surface area contributed by atoms with Crippen molar-refractivity contribution >= 4 is 51.6 Å². The van der Waals surface area contributed by atoms with Crippen LogP contribution in [0.1, 0.15) is 28.2 Å². The fraction of sp³-hybridized carbons (Fsp3) is 0.520. The van der Waals surface area contributed by atoms with Crippen molar-refractivity contribution in [3.8, 4) is 0 Å². The van der Waals surface area contributed by atoms with Gasteiger partial charge >= 0.3 is 0 Å². The molecular weight excluding hydrogens is 548 g/mol. The highest BCUT2D eigenvalue weighted by molar-refractivity contribution is 9.10. The number of aliphatic hydroxyl groups excluding tert-OH is 1. The van der Waals surface area contributed by atoms with Gasteiger partial charge in [-0.2, -0.15) is 0 Å². The van der Waals surface area contributed by atoms with E-state index in [-0.39, 0.29) is 19.1 Å². The van der Waals surface area contributed by atoms with Gasteiger partial charge in [0.2, 0.25) is 0 Å². The van der Waals surface area contributed by atoms with Gasteiger partial charge in [0.1, 0.15) is 0 Å². The lowest BCUT2D eigenvalue weighted by Crippen LogP contribution is -2.42. The van der Waals surface area contributed by atoms with Gasteiger partial charge in [-0.3, -0.25) is 0 Å². The number of likely N-dealkylation sites (N-methyl/N-ethyl adjacent to an activating group) is 2. The number of anilines is 2. The summed E-state index contributed by atoms with van der Waals surface area (Å²) in [5.74, 6) is 0. The van der Waals surface area contributed by atoms with Crippen LogP contribution in [-0.4, -0.2) is 53.8 Å². The van der Waals surface area contributed by atoms with Gasteiger partial charge in [-0.15, -0.1) is 0 Å². The average molecular weight is 591 g/mol. The number of benzene rings is 2. The van der Waals surface area contributed by atoms with E-state index in [2.05, 4.69) is 102 Å². The van der Waals surface area contributed by atoms with Gasteiger partial charge in [0.25, 0.3) is 0 Å². The summed E-state index contributed by atoms with van der Waals surface area (Å²) in [5, 5.41) is 8.98. The molecule has 0 fully saturated rings. The lowest BCUT2D eigenvalue weighted by atomic mass is 10.2. The number of hydrogen-bond acceptors (Lipinski definition) is 4. The van der Waals surface area contributed by atoms with Gasteiger partial charge in [0.05, 0.1) is 13.2 Å². The Morgan fingerprint density at radius 1 is 0.812 bits per heavy atom. The molecule has 4 nitrogen and oxygen atoms in total. The molecule has 0 radical (unpaired) electrons. The number of rotatable bonds is 8. The third kappa shape index (κ3) is 10.8. The Balaban J connectivity index is 0.000000639. The summed E-state index contributed by atoms with van der Waals surface area (Å²) < 4.78 is 8.38. The first-order valence-electron chi connectivity index (χ1n) is 10.6. The molecule has 2 aromatic carbocycles. The van der Waals surface area contributed by atoms with E-state index in [9.17, 15) is 0 Å². The molecule has 0 amide bonds. The Hall–Kier alpha value is -0.863. The third-order valence-electron chi connectivity index (χ3n) is 5.67. The number of aliphatic hydroxyl groups is 1. The van der Waals surface area contributed by atoms with E-state index in [1.54, 1.807) is 0 Å². The van der Waals surface area contributed by atoms with Crippen molar-refractivity contribution in [2.24, 2.45) is 0 Å². The predicted molar refractivity (Wildman–Crippen MR) is 152 cm³/mol. The summed E-state index contributed by atoms with van der Waals surface area (Å²) in [4.78, 5) is 4.24. The van der Waals surface area contributed by atoms with E-state index in [0.29, 0.717) is 6.54 Å². The second-order valence-electron chi connectivity index (χ2n) is 9.13. The molecule has 0 spiro atoms. The highest BCUT2D eigenvalue weighted by Gasteiger charge is 2.36. The standard InChI is InChI=1S/C15H26BrNOSi.C9H12BrNO.CH4/c1-15(2,3)19(5,6)18-12-11-17(4)14-9-7-13(16)8-10-14;1-11(6-7-12)9-4-2-8(10)3-5-9;/h7-10H,11-12H2,1-6H3;2-5,12H,6-7H2,1H3;1H4. The monoisotopic (exact) mass is 588 g/mol. The summed E-state index contributed by atoms with van der Waals surface area (Å²) in [5.41, 5.74) is 2.34. The highest BCUT2D eigenvalue weighted by atomic mass is 79.9. The molecule has 32 heavy (non-hydrogen) atoms. The minimum absolute atomic E-state index is 0. The quantitative estimate of drug-likeness (QED) is 0.325. The Labute approximate surface area is 214 Å². The lowest BCUT2D eigenvalue weighted by molar-refractivity contribution is 0.296. The van der Waals surface area contributed by atoms with Crippen LogP contribution < -0.4 is 9.80 Å². The van der Waals surface area contributed by atoms with Crippen LogP contribution in [0.25, 0.3) is 0 Å². The second kappa shape index (κ2) is 14.4. The van der Waals surface area contributed by atoms with Gasteiger partial charge in [0, 0.05) is 47.5 Å². The van der Waals surface area contributed by atoms with E-state index < -0.39 is 8.32 Å². The van der Waals surface area contributed by atoms with Gasteiger partial charge in [0.15, 0.2) is 8.32 Å². The van der Waals surface area contributed by atoms with Crippen molar-refractivity contribution in [3.63, 3.8) is 0 Å². The minimum atomic E-state index is -1.62. The van der Waals surface area contributed by atoms with Crippen LogP contribution in [0.2, 0.25) is 18.1 Å². The van der Waals surface area contributed by atoms with E-state index in [1.165, 1.54) is 5.69 Å². The van der Waals surface area contributed by atoms with Gasteiger partial charge in [-0.05, 0) is 66.7 Å². The molecule has 0 aliphatic carbocycles. The first kappa shape index (κ1) is 31.1. The molecule has 0 saturated carbocycles. The maximum absolute atomic E-state index is 8.70. The molecule has 2 aromatic rings. The first-order valence-corrected chi connectivity index (χ1v) is 15.0. The summed E-state index contributed by atoms with van der Waals surface area (Å²) in [6.07, 6.45) is 0. The molecule has 0 aliphatic heterocycles. The van der Waals surface area contributed by atoms with Crippen molar-refractivity contribution < 1.29 is 9.53 Å². The van der Waals surface area contributed by atoms with Crippen LogP contribution in [0.5, 0.6) is 0 Å². The van der Waals surface area contributed by atoms with Crippen LogP contribution in [0.4, 0.5) is 11.4 Å². The fourth-order valence-corrected chi connectivity index (χ4v) is 4.02. The van der Waals surface area contributed by atoms with Crippen molar-refractivity contribution in [2.75, 3.05) is 50.2 Å². The summed E-state index contributed by atoms with van der Waals surface area (Å²) >= 11 is 6.82. The van der Waals surface area contributed by atoms with E-state index in [0.717, 1.165) is 27.8 Å². The molecule has 1 N–H and O–H groups in total. The van der Waals surface area contributed by atoms with Crippen molar-refractivity contribution in [1.29, 1.82) is 0 Å². The summed E-state index contributed by atoms with van der Waals surface area (Å²) in [7, 11) is 2.45. The molecule has 0 bridgehead atoms. The van der Waals surface area contributed by atoms with Gasteiger partial charge in [-0.25, -0.2) is 0 Å². The molecule has 2 rings (SSSR count). The van der Waals surface area contributed by atoms with Crippen LogP contribution in [0.15, 0.2) is 57.5 Å². The van der Waals surface area contributed by atoms with Crippen LogP contribution in [0.3, 0.4) is 0 Å². The topological polar surface area (TPSA) is 35.9 Å². The minimum Gasteiger partial charge on any atom is -0.415 e. The Bertz CT molecular complexity index is 763. The van der Waals surface area contributed by atoms with E-state index in [4.69, 9.17) is 9.53 Å². The zero-order valence-corrected chi connectivity index (χ0v) is 24.1. The zero-order valence-electron chi connectivity index (χ0n) is 20.0. The highest BCUT2D eigenvalue weighted by Crippen LogP contribution is 2.36. The maximum atomic E-state index is 8.70. The molecule has 0 unspecified atom stereocenters. The maximum Gasteiger partial charge on any atom is 0.192 e.